The summed E-state index contributed by atoms with van der Waals surface area (Å²) >= 11 is 1.69. The fraction of sp³-hybridized carbons (Fsp3) is 0.643. The van der Waals surface area contributed by atoms with Gasteiger partial charge < -0.3 is 14.8 Å². The molecule has 2 N–H and O–H groups in total. The van der Waals surface area contributed by atoms with Crippen molar-refractivity contribution in [3.05, 3.63) is 23.2 Å². The zero-order valence-electron chi connectivity index (χ0n) is 11.7. The lowest BCUT2D eigenvalue weighted by Crippen LogP contribution is -2.41. The van der Waals surface area contributed by atoms with Crippen LogP contribution >= 0.6 is 11.8 Å². The van der Waals surface area contributed by atoms with Crippen molar-refractivity contribution < 1.29 is 14.3 Å². The molecule has 0 spiro atoms. The normalized spacial score (nSPS) is 22.2. The van der Waals surface area contributed by atoms with Crippen molar-refractivity contribution in [2.45, 2.75) is 44.5 Å². The number of aryl methyl sites for hydroxylation is 2. The van der Waals surface area contributed by atoms with E-state index in [0.29, 0.717) is 5.76 Å². The first-order valence-electron chi connectivity index (χ1n) is 6.59. The number of aliphatic hydroxyl groups is 1. The molecule has 1 amide bonds. The van der Waals surface area contributed by atoms with Gasteiger partial charge in [-0.05, 0) is 45.4 Å². The van der Waals surface area contributed by atoms with Crippen molar-refractivity contribution >= 4 is 17.7 Å². The van der Waals surface area contributed by atoms with Gasteiger partial charge in [0.2, 0.25) is 5.91 Å². The molecule has 5 heteroatoms. The van der Waals surface area contributed by atoms with Crippen LogP contribution in [0.4, 0.5) is 0 Å². The molecule has 2 atom stereocenters. The minimum atomic E-state index is -1.10. The SMILES string of the molecule is Cc1cc(C(C)(O)CNC(=O)C2CCCS2)c(C)o1. The largest absolute Gasteiger partial charge is 0.466 e. The van der Waals surface area contributed by atoms with Crippen molar-refractivity contribution in [3.8, 4) is 0 Å². The molecular formula is C14H21NO3S. The predicted molar refractivity (Wildman–Crippen MR) is 76.2 cm³/mol. The lowest BCUT2D eigenvalue weighted by Gasteiger charge is -2.24. The van der Waals surface area contributed by atoms with Crippen LogP contribution in [0.5, 0.6) is 0 Å². The lowest BCUT2D eigenvalue weighted by atomic mass is 9.96. The lowest BCUT2D eigenvalue weighted by molar-refractivity contribution is -0.121. The van der Waals surface area contributed by atoms with Crippen LogP contribution in [0.15, 0.2) is 10.5 Å². The molecule has 1 saturated heterocycles. The number of hydrogen-bond donors (Lipinski definition) is 2. The second-order valence-corrected chi connectivity index (χ2v) is 6.63. The number of rotatable bonds is 4. The predicted octanol–water partition coefficient (Wildman–Crippen LogP) is 2.12. The zero-order chi connectivity index (χ0) is 14.0. The molecule has 1 aromatic heterocycles. The highest BCUT2D eigenvalue weighted by Gasteiger charge is 2.30. The van der Waals surface area contributed by atoms with Gasteiger partial charge in [-0.15, -0.1) is 11.8 Å². The van der Waals surface area contributed by atoms with Gasteiger partial charge in [-0.1, -0.05) is 0 Å². The Hall–Kier alpha value is -0.940. The van der Waals surface area contributed by atoms with Crippen LogP contribution in [-0.2, 0) is 10.4 Å². The van der Waals surface area contributed by atoms with Gasteiger partial charge in [0.15, 0.2) is 0 Å². The first kappa shape index (κ1) is 14.5. The third-order valence-electron chi connectivity index (χ3n) is 3.45. The molecule has 1 aliphatic heterocycles. The Labute approximate surface area is 117 Å². The fourth-order valence-electron chi connectivity index (χ4n) is 2.42. The summed E-state index contributed by atoms with van der Waals surface area (Å²) in [5.41, 5.74) is -0.356. The van der Waals surface area contributed by atoms with Gasteiger partial charge in [-0.3, -0.25) is 4.79 Å². The Morgan fingerprint density at radius 1 is 1.63 bits per heavy atom. The summed E-state index contributed by atoms with van der Waals surface area (Å²) in [6.45, 7) is 5.58. The maximum atomic E-state index is 11.9. The number of amides is 1. The van der Waals surface area contributed by atoms with Gasteiger partial charge in [0, 0.05) is 5.56 Å². The number of carbonyl (C=O) groups excluding carboxylic acids is 1. The molecule has 0 aromatic carbocycles. The van der Waals surface area contributed by atoms with Gasteiger partial charge in [0.05, 0.1) is 11.8 Å². The summed E-state index contributed by atoms with van der Waals surface area (Å²) in [5, 5.41) is 13.4. The Kier molecular flexibility index (Phi) is 4.26. The van der Waals surface area contributed by atoms with E-state index < -0.39 is 5.60 Å². The van der Waals surface area contributed by atoms with E-state index in [0.717, 1.165) is 29.9 Å². The summed E-state index contributed by atoms with van der Waals surface area (Å²) in [5.74, 6) is 2.55. The van der Waals surface area contributed by atoms with E-state index in [1.807, 2.05) is 19.9 Å². The third-order valence-corrected chi connectivity index (χ3v) is 4.83. The van der Waals surface area contributed by atoms with E-state index in [9.17, 15) is 9.90 Å². The fourth-order valence-corrected chi connectivity index (χ4v) is 3.60. The quantitative estimate of drug-likeness (QED) is 0.888. The van der Waals surface area contributed by atoms with E-state index in [4.69, 9.17) is 4.42 Å². The van der Waals surface area contributed by atoms with Crippen LogP contribution in [0.25, 0.3) is 0 Å². The van der Waals surface area contributed by atoms with Crippen LogP contribution in [0, 0.1) is 13.8 Å². The Bertz CT molecular complexity index is 461. The van der Waals surface area contributed by atoms with Gasteiger partial charge in [-0.2, -0.15) is 0 Å². The van der Waals surface area contributed by atoms with Gasteiger partial charge in [0.1, 0.15) is 17.1 Å². The zero-order valence-corrected chi connectivity index (χ0v) is 12.5. The first-order chi connectivity index (χ1) is 8.90. The van der Waals surface area contributed by atoms with Crippen molar-refractivity contribution in [2.24, 2.45) is 0 Å². The van der Waals surface area contributed by atoms with Crippen LogP contribution in [-0.4, -0.2) is 28.6 Å². The number of thioether (sulfide) groups is 1. The number of carbonyl (C=O) groups is 1. The number of nitrogens with one attached hydrogen (secondary N) is 1. The van der Waals surface area contributed by atoms with E-state index in [1.165, 1.54) is 0 Å². The highest BCUT2D eigenvalue weighted by molar-refractivity contribution is 8.00. The molecule has 1 aliphatic rings. The Balaban J connectivity index is 1.97. The Morgan fingerprint density at radius 3 is 2.89 bits per heavy atom. The number of furan rings is 1. The highest BCUT2D eigenvalue weighted by atomic mass is 32.2. The smallest absolute Gasteiger partial charge is 0.233 e. The molecule has 0 aliphatic carbocycles. The summed E-state index contributed by atoms with van der Waals surface area (Å²) in [6.07, 6.45) is 2.03. The summed E-state index contributed by atoms with van der Waals surface area (Å²) in [4.78, 5) is 11.9. The van der Waals surface area contributed by atoms with Crippen molar-refractivity contribution in [3.63, 3.8) is 0 Å². The average Bonchev–Trinajstić information content (AvgIpc) is 2.96. The molecule has 106 valence electrons. The van der Waals surface area contributed by atoms with Gasteiger partial charge in [0.25, 0.3) is 0 Å². The highest BCUT2D eigenvalue weighted by Crippen LogP contribution is 2.28. The molecule has 19 heavy (non-hydrogen) atoms. The topological polar surface area (TPSA) is 62.5 Å². The van der Waals surface area contributed by atoms with Gasteiger partial charge in [-0.25, -0.2) is 0 Å². The van der Waals surface area contributed by atoms with E-state index >= 15 is 0 Å². The Morgan fingerprint density at radius 2 is 2.37 bits per heavy atom. The van der Waals surface area contributed by atoms with Crippen LogP contribution in [0.2, 0.25) is 0 Å². The molecule has 1 aromatic rings. The summed E-state index contributed by atoms with van der Waals surface area (Å²) < 4.78 is 5.43. The summed E-state index contributed by atoms with van der Waals surface area (Å²) in [6, 6.07) is 1.83. The van der Waals surface area contributed by atoms with Gasteiger partial charge >= 0.3 is 0 Å². The third kappa shape index (κ3) is 3.34. The monoisotopic (exact) mass is 283 g/mol. The first-order valence-corrected chi connectivity index (χ1v) is 7.64. The molecule has 2 rings (SSSR count). The molecule has 0 radical (unpaired) electrons. The average molecular weight is 283 g/mol. The molecular weight excluding hydrogens is 262 g/mol. The van der Waals surface area contributed by atoms with Crippen LogP contribution in [0.3, 0.4) is 0 Å². The van der Waals surface area contributed by atoms with Crippen molar-refractivity contribution in [1.82, 2.24) is 5.32 Å². The molecule has 4 nitrogen and oxygen atoms in total. The minimum Gasteiger partial charge on any atom is -0.466 e. The molecule has 0 bridgehead atoms. The van der Waals surface area contributed by atoms with Crippen molar-refractivity contribution in [1.29, 1.82) is 0 Å². The maximum absolute atomic E-state index is 11.9. The molecule has 1 fully saturated rings. The minimum absolute atomic E-state index is 0.0284. The standard InChI is InChI=1S/C14H21NO3S/c1-9-7-11(10(2)18-9)14(3,17)8-15-13(16)12-5-4-6-19-12/h7,12,17H,4-6,8H2,1-3H3,(H,15,16). The maximum Gasteiger partial charge on any atom is 0.233 e. The van der Waals surface area contributed by atoms with Crippen LogP contribution < -0.4 is 5.32 Å². The number of hydrogen-bond acceptors (Lipinski definition) is 4. The second kappa shape index (κ2) is 5.59. The van der Waals surface area contributed by atoms with Crippen molar-refractivity contribution in [2.75, 3.05) is 12.3 Å². The van der Waals surface area contributed by atoms with Crippen LogP contribution in [0.1, 0.15) is 36.8 Å². The summed E-state index contributed by atoms with van der Waals surface area (Å²) in [7, 11) is 0. The second-order valence-electron chi connectivity index (χ2n) is 5.32. The van der Waals surface area contributed by atoms with E-state index in [-0.39, 0.29) is 17.7 Å². The molecule has 0 saturated carbocycles. The van der Waals surface area contributed by atoms with E-state index in [2.05, 4.69) is 5.32 Å². The molecule has 2 heterocycles. The van der Waals surface area contributed by atoms with E-state index in [1.54, 1.807) is 18.7 Å². The molecule has 2 unspecified atom stereocenters.